The van der Waals surface area contributed by atoms with Gasteiger partial charge in [0.15, 0.2) is 5.69 Å². The van der Waals surface area contributed by atoms with Crippen molar-refractivity contribution in [3.8, 4) is 0 Å². The van der Waals surface area contributed by atoms with E-state index in [0.29, 0.717) is 17.5 Å². The van der Waals surface area contributed by atoms with Crippen LogP contribution in [0.4, 0.5) is 5.69 Å². The van der Waals surface area contributed by atoms with Gasteiger partial charge in [0.1, 0.15) is 0 Å². The number of fused-ring (bicyclic) bond motifs is 1. The lowest BCUT2D eigenvalue weighted by Crippen LogP contribution is -2.20. The predicted molar refractivity (Wildman–Crippen MR) is 90.6 cm³/mol. The summed E-state index contributed by atoms with van der Waals surface area (Å²) in [6.45, 7) is 9.20. The predicted octanol–water partition coefficient (Wildman–Crippen LogP) is 3.38. The normalized spacial score (nSPS) is 19.8. The first-order valence-electron chi connectivity index (χ1n) is 8.01. The third-order valence-corrected chi connectivity index (χ3v) is 4.68. The third kappa shape index (κ3) is 2.86. The molecule has 0 radical (unpaired) electrons. The summed E-state index contributed by atoms with van der Waals surface area (Å²) in [4.78, 5) is 14.0. The second-order valence-corrected chi connectivity index (χ2v) is 6.22. The van der Waals surface area contributed by atoms with Crippen molar-refractivity contribution < 1.29 is 0 Å². The molecule has 2 heterocycles. The molecule has 1 aromatic carbocycles. The van der Waals surface area contributed by atoms with E-state index >= 15 is 0 Å². The standard InChI is InChI=1S/C18H19N5/c1-19-13-2-3-18-16(7-13)17(10-22-18)15-6-12(15)8-20-5-4-14-9-21-11-23-14/h2-3,7,9-12,15,20,22H,4-6,8H2,(H,21,23). The highest BCUT2D eigenvalue weighted by Gasteiger charge is 2.39. The van der Waals surface area contributed by atoms with Crippen LogP contribution in [-0.2, 0) is 6.42 Å². The van der Waals surface area contributed by atoms with E-state index in [1.807, 2.05) is 24.4 Å². The second kappa shape index (κ2) is 5.90. The molecule has 0 bridgehead atoms. The van der Waals surface area contributed by atoms with E-state index in [2.05, 4.69) is 31.3 Å². The van der Waals surface area contributed by atoms with Crippen molar-refractivity contribution in [2.75, 3.05) is 13.1 Å². The smallest absolute Gasteiger partial charge is 0.187 e. The molecule has 5 heteroatoms. The van der Waals surface area contributed by atoms with Gasteiger partial charge in [-0.1, -0.05) is 6.07 Å². The number of H-pyrrole nitrogens is 2. The Morgan fingerprint density at radius 2 is 2.30 bits per heavy atom. The zero-order valence-electron chi connectivity index (χ0n) is 12.8. The van der Waals surface area contributed by atoms with Gasteiger partial charge in [-0.2, -0.15) is 0 Å². The Balaban J connectivity index is 1.35. The van der Waals surface area contributed by atoms with E-state index in [-0.39, 0.29) is 0 Å². The van der Waals surface area contributed by atoms with Crippen molar-refractivity contribution in [2.24, 2.45) is 5.92 Å². The molecular formula is C18H19N5. The molecule has 3 aromatic rings. The maximum atomic E-state index is 7.17. The number of hydrogen-bond acceptors (Lipinski definition) is 2. The molecule has 1 aliphatic rings. The molecule has 2 aromatic heterocycles. The molecule has 1 fully saturated rings. The van der Waals surface area contributed by atoms with Crippen LogP contribution in [0.1, 0.15) is 23.6 Å². The summed E-state index contributed by atoms with van der Waals surface area (Å²) >= 11 is 0. The highest BCUT2D eigenvalue weighted by Crippen LogP contribution is 2.49. The first kappa shape index (κ1) is 14.0. The molecule has 0 saturated heterocycles. The van der Waals surface area contributed by atoms with Crippen LogP contribution in [0.15, 0.2) is 36.9 Å². The van der Waals surface area contributed by atoms with Crippen LogP contribution in [0.2, 0.25) is 0 Å². The maximum Gasteiger partial charge on any atom is 0.187 e. The monoisotopic (exact) mass is 305 g/mol. The minimum Gasteiger partial charge on any atom is -0.361 e. The van der Waals surface area contributed by atoms with E-state index < -0.39 is 0 Å². The lowest BCUT2D eigenvalue weighted by Gasteiger charge is -2.03. The molecule has 1 saturated carbocycles. The third-order valence-electron chi connectivity index (χ3n) is 4.68. The SMILES string of the molecule is [C-]#[N+]c1ccc2[nH]cc(C3CC3CNCCc3cnc[nH]3)c2c1. The van der Waals surface area contributed by atoms with Crippen molar-refractivity contribution in [1.29, 1.82) is 0 Å². The average Bonchev–Trinajstić information content (AvgIpc) is 3.00. The number of hydrogen-bond donors (Lipinski definition) is 3. The van der Waals surface area contributed by atoms with Crippen molar-refractivity contribution in [2.45, 2.75) is 18.8 Å². The van der Waals surface area contributed by atoms with Crippen LogP contribution in [0.5, 0.6) is 0 Å². The molecule has 4 rings (SSSR count). The highest BCUT2D eigenvalue weighted by molar-refractivity contribution is 5.87. The number of nitrogens with zero attached hydrogens (tertiary/aromatic N) is 2. The number of benzene rings is 1. The molecule has 2 atom stereocenters. The quantitative estimate of drug-likeness (QED) is 0.483. The maximum absolute atomic E-state index is 7.17. The van der Waals surface area contributed by atoms with Crippen LogP contribution < -0.4 is 5.32 Å². The second-order valence-electron chi connectivity index (χ2n) is 6.22. The largest absolute Gasteiger partial charge is 0.361 e. The van der Waals surface area contributed by atoms with Gasteiger partial charge in [-0.05, 0) is 47.9 Å². The minimum atomic E-state index is 0.615. The summed E-state index contributed by atoms with van der Waals surface area (Å²) in [5.41, 5.74) is 4.39. The molecule has 3 N–H and O–H groups in total. The van der Waals surface area contributed by atoms with Gasteiger partial charge in [-0.25, -0.2) is 9.83 Å². The number of aromatic nitrogens is 3. The van der Waals surface area contributed by atoms with Gasteiger partial charge in [-0.3, -0.25) is 0 Å². The Hall–Kier alpha value is -2.58. The van der Waals surface area contributed by atoms with Gasteiger partial charge in [0, 0.05) is 36.6 Å². The van der Waals surface area contributed by atoms with Crippen molar-refractivity contribution in [3.63, 3.8) is 0 Å². The van der Waals surface area contributed by atoms with Crippen LogP contribution in [-0.4, -0.2) is 28.0 Å². The summed E-state index contributed by atoms with van der Waals surface area (Å²) in [6.07, 6.45) is 7.93. The fourth-order valence-corrected chi connectivity index (χ4v) is 3.29. The summed E-state index contributed by atoms with van der Waals surface area (Å²) in [5, 5.41) is 4.75. The van der Waals surface area contributed by atoms with Crippen molar-refractivity contribution >= 4 is 16.6 Å². The van der Waals surface area contributed by atoms with Gasteiger partial charge in [0.2, 0.25) is 0 Å². The molecule has 0 aliphatic heterocycles. The van der Waals surface area contributed by atoms with Crippen LogP contribution in [0, 0.1) is 12.5 Å². The Morgan fingerprint density at radius 3 is 3.13 bits per heavy atom. The first-order chi connectivity index (χ1) is 11.3. The zero-order valence-corrected chi connectivity index (χ0v) is 12.8. The molecule has 0 amide bonds. The first-order valence-corrected chi connectivity index (χ1v) is 8.01. The van der Waals surface area contributed by atoms with Gasteiger partial charge in [0.25, 0.3) is 0 Å². The van der Waals surface area contributed by atoms with Gasteiger partial charge < -0.3 is 15.3 Å². The number of imidazole rings is 1. The van der Waals surface area contributed by atoms with E-state index in [4.69, 9.17) is 6.57 Å². The Morgan fingerprint density at radius 1 is 1.35 bits per heavy atom. The van der Waals surface area contributed by atoms with E-state index in [1.165, 1.54) is 23.1 Å². The molecule has 5 nitrogen and oxygen atoms in total. The van der Waals surface area contributed by atoms with Gasteiger partial charge >= 0.3 is 0 Å². The van der Waals surface area contributed by atoms with E-state index in [1.54, 1.807) is 6.33 Å². The molecule has 2 unspecified atom stereocenters. The lowest BCUT2D eigenvalue weighted by molar-refractivity contribution is 0.624. The molecular weight excluding hydrogens is 286 g/mol. The van der Waals surface area contributed by atoms with Crippen molar-refractivity contribution in [3.05, 3.63) is 59.6 Å². The fraction of sp³-hybridized carbons (Fsp3) is 0.333. The van der Waals surface area contributed by atoms with Crippen LogP contribution >= 0.6 is 0 Å². The fourth-order valence-electron chi connectivity index (χ4n) is 3.29. The number of rotatable bonds is 6. The average molecular weight is 305 g/mol. The van der Waals surface area contributed by atoms with Gasteiger partial charge in [-0.15, -0.1) is 0 Å². The topological polar surface area (TPSA) is 60.9 Å². The number of nitrogens with one attached hydrogen (secondary N) is 3. The van der Waals surface area contributed by atoms with Crippen LogP contribution in [0.3, 0.4) is 0 Å². The molecule has 1 aliphatic carbocycles. The molecule has 23 heavy (non-hydrogen) atoms. The lowest BCUT2D eigenvalue weighted by atomic mass is 10.1. The molecule has 0 spiro atoms. The summed E-state index contributed by atoms with van der Waals surface area (Å²) < 4.78 is 0. The summed E-state index contributed by atoms with van der Waals surface area (Å²) in [6, 6.07) is 5.89. The minimum absolute atomic E-state index is 0.615. The van der Waals surface area contributed by atoms with E-state index in [9.17, 15) is 0 Å². The summed E-state index contributed by atoms with van der Waals surface area (Å²) in [5.74, 6) is 1.32. The highest BCUT2D eigenvalue weighted by atomic mass is 14.9. The van der Waals surface area contributed by atoms with E-state index in [0.717, 1.165) is 25.0 Å². The van der Waals surface area contributed by atoms with Crippen molar-refractivity contribution in [1.82, 2.24) is 20.3 Å². The summed E-state index contributed by atoms with van der Waals surface area (Å²) in [7, 11) is 0. The Labute approximate surface area is 135 Å². The Kier molecular flexibility index (Phi) is 3.60. The van der Waals surface area contributed by atoms with Gasteiger partial charge in [0.05, 0.1) is 12.9 Å². The molecule has 116 valence electrons. The number of aromatic amines is 2. The van der Waals surface area contributed by atoms with Crippen LogP contribution in [0.25, 0.3) is 15.7 Å². The Bertz CT molecular complexity index is 840. The zero-order chi connectivity index (χ0) is 15.6.